The monoisotopic (exact) mass is 336 g/mol. The summed E-state index contributed by atoms with van der Waals surface area (Å²) in [6.45, 7) is 2.26. The molecule has 7 heteroatoms. The lowest BCUT2D eigenvalue weighted by atomic mass is 10.1. The molecule has 0 unspecified atom stereocenters. The molecule has 0 bridgehead atoms. The summed E-state index contributed by atoms with van der Waals surface area (Å²) in [6.07, 6.45) is 1.19. The second-order valence-electron chi connectivity index (χ2n) is 5.49. The molecule has 0 saturated carbocycles. The van der Waals surface area contributed by atoms with Crippen molar-refractivity contribution in [1.29, 1.82) is 0 Å². The maximum absolute atomic E-state index is 12.0. The van der Waals surface area contributed by atoms with Gasteiger partial charge in [-0.2, -0.15) is 0 Å². The van der Waals surface area contributed by atoms with Crippen LogP contribution < -0.4 is 10.1 Å². The van der Waals surface area contributed by atoms with Crippen LogP contribution in [0.4, 0.5) is 5.69 Å². The molecule has 0 aliphatic heterocycles. The van der Waals surface area contributed by atoms with Gasteiger partial charge < -0.3 is 20.1 Å². The predicted molar refractivity (Wildman–Crippen MR) is 90.4 cm³/mol. The summed E-state index contributed by atoms with van der Waals surface area (Å²) in [5.74, 6) is -0.790. The molecule has 1 aromatic carbocycles. The first kappa shape index (κ1) is 19.5. The average Bonchev–Trinajstić information content (AvgIpc) is 2.52. The quantitative estimate of drug-likeness (QED) is 0.675. The fraction of sp³-hybridized carbons (Fsp3) is 0.471. The summed E-state index contributed by atoms with van der Waals surface area (Å²) < 4.78 is 5.47. The number of rotatable bonds is 9. The summed E-state index contributed by atoms with van der Waals surface area (Å²) in [6, 6.07) is 4.89. The van der Waals surface area contributed by atoms with E-state index in [9.17, 15) is 14.4 Å². The third-order valence-electron chi connectivity index (χ3n) is 3.25. The summed E-state index contributed by atoms with van der Waals surface area (Å²) in [5.41, 5.74) is 0.886. The molecule has 0 fully saturated rings. The van der Waals surface area contributed by atoms with Crippen LogP contribution in [0, 0.1) is 0 Å². The van der Waals surface area contributed by atoms with Crippen molar-refractivity contribution in [1.82, 2.24) is 4.90 Å². The van der Waals surface area contributed by atoms with Crippen LogP contribution in [0.1, 0.15) is 43.0 Å². The van der Waals surface area contributed by atoms with Crippen molar-refractivity contribution in [2.45, 2.75) is 32.6 Å². The minimum absolute atomic E-state index is 0.0459. The first-order valence-corrected chi connectivity index (χ1v) is 7.85. The molecule has 0 heterocycles. The van der Waals surface area contributed by atoms with Crippen LogP contribution in [0.15, 0.2) is 18.2 Å². The molecule has 0 saturated heterocycles. The second kappa shape index (κ2) is 9.54. The van der Waals surface area contributed by atoms with Crippen molar-refractivity contribution in [2.24, 2.45) is 0 Å². The Hall–Kier alpha value is -2.57. The number of carbonyl (C=O) groups is 3. The van der Waals surface area contributed by atoms with Gasteiger partial charge in [0, 0.05) is 32.5 Å². The third-order valence-corrected chi connectivity index (χ3v) is 3.25. The van der Waals surface area contributed by atoms with E-state index < -0.39 is 5.97 Å². The lowest BCUT2D eigenvalue weighted by molar-refractivity contribution is -0.137. The highest BCUT2D eigenvalue weighted by atomic mass is 16.5. The molecule has 2 amide bonds. The number of carboxylic acids is 1. The number of anilines is 1. The number of hydrogen-bond acceptors (Lipinski definition) is 4. The Balaban J connectivity index is 2.78. The fourth-order valence-corrected chi connectivity index (χ4v) is 2.07. The number of ether oxygens (including phenoxy) is 1. The van der Waals surface area contributed by atoms with Crippen molar-refractivity contribution < 1.29 is 24.2 Å². The average molecular weight is 336 g/mol. The van der Waals surface area contributed by atoms with E-state index in [0.717, 1.165) is 0 Å². The Morgan fingerprint density at radius 1 is 1.17 bits per heavy atom. The standard InChI is InChI=1S/C17H24N2O5/c1-4-24-14-10-9-12(17(23)19(2)3)11-13(14)18-15(20)7-5-6-8-16(21)22/h9-11H,4-8H2,1-3H3,(H,18,20)(H,21,22). The van der Waals surface area contributed by atoms with E-state index in [1.165, 1.54) is 4.90 Å². The van der Waals surface area contributed by atoms with E-state index in [2.05, 4.69) is 5.32 Å². The molecule has 2 N–H and O–H groups in total. The van der Waals surface area contributed by atoms with Crippen molar-refractivity contribution in [3.05, 3.63) is 23.8 Å². The number of hydrogen-bond donors (Lipinski definition) is 2. The SMILES string of the molecule is CCOc1ccc(C(=O)N(C)C)cc1NC(=O)CCCCC(=O)O. The molecule has 1 rings (SSSR count). The lowest BCUT2D eigenvalue weighted by Crippen LogP contribution is -2.22. The highest BCUT2D eigenvalue weighted by Gasteiger charge is 2.14. The predicted octanol–water partition coefficient (Wildman–Crippen LogP) is 2.37. The van der Waals surface area contributed by atoms with Crippen LogP contribution >= 0.6 is 0 Å². The molecule has 0 spiro atoms. The number of benzene rings is 1. The number of nitrogens with zero attached hydrogens (tertiary/aromatic N) is 1. The van der Waals surface area contributed by atoms with E-state index in [-0.39, 0.29) is 24.7 Å². The topological polar surface area (TPSA) is 95.9 Å². The maximum atomic E-state index is 12.0. The van der Waals surface area contributed by atoms with E-state index >= 15 is 0 Å². The van der Waals surface area contributed by atoms with Gasteiger partial charge in [-0.3, -0.25) is 14.4 Å². The van der Waals surface area contributed by atoms with Gasteiger partial charge in [0.25, 0.3) is 5.91 Å². The van der Waals surface area contributed by atoms with Crippen LogP contribution in [-0.2, 0) is 9.59 Å². The molecule has 7 nitrogen and oxygen atoms in total. The van der Waals surface area contributed by atoms with Crippen molar-refractivity contribution in [2.75, 3.05) is 26.0 Å². The Bertz CT molecular complexity index is 599. The number of unbranched alkanes of at least 4 members (excludes halogenated alkanes) is 1. The van der Waals surface area contributed by atoms with E-state index in [4.69, 9.17) is 9.84 Å². The molecule has 0 atom stereocenters. The first-order chi connectivity index (χ1) is 11.3. The van der Waals surface area contributed by atoms with Crippen molar-refractivity contribution in [3.63, 3.8) is 0 Å². The zero-order valence-corrected chi connectivity index (χ0v) is 14.3. The Morgan fingerprint density at radius 2 is 1.83 bits per heavy atom. The van der Waals surface area contributed by atoms with Crippen LogP contribution in [0.2, 0.25) is 0 Å². The Kier molecular flexibility index (Phi) is 7.74. The van der Waals surface area contributed by atoms with Crippen LogP contribution in [0.25, 0.3) is 0 Å². The largest absolute Gasteiger partial charge is 0.492 e. The molecular formula is C17H24N2O5. The zero-order chi connectivity index (χ0) is 18.1. The van der Waals surface area contributed by atoms with Gasteiger partial charge in [0.2, 0.25) is 5.91 Å². The van der Waals surface area contributed by atoms with Gasteiger partial charge in [0.1, 0.15) is 5.75 Å². The Labute approximate surface area is 141 Å². The Morgan fingerprint density at radius 3 is 2.42 bits per heavy atom. The van der Waals surface area contributed by atoms with Gasteiger partial charge in [0.05, 0.1) is 12.3 Å². The highest BCUT2D eigenvalue weighted by molar-refractivity contribution is 5.98. The van der Waals surface area contributed by atoms with Crippen LogP contribution in [0.5, 0.6) is 5.75 Å². The summed E-state index contributed by atoms with van der Waals surface area (Å²) >= 11 is 0. The van der Waals surface area contributed by atoms with Gasteiger partial charge >= 0.3 is 5.97 Å². The fourth-order valence-electron chi connectivity index (χ4n) is 2.07. The molecule has 0 aromatic heterocycles. The smallest absolute Gasteiger partial charge is 0.303 e. The van der Waals surface area contributed by atoms with Crippen LogP contribution in [0.3, 0.4) is 0 Å². The van der Waals surface area contributed by atoms with Gasteiger partial charge in [-0.1, -0.05) is 0 Å². The van der Waals surface area contributed by atoms with E-state index in [1.807, 2.05) is 6.92 Å². The lowest BCUT2D eigenvalue weighted by Gasteiger charge is -2.15. The number of aliphatic carboxylic acids is 1. The molecule has 132 valence electrons. The normalized spacial score (nSPS) is 10.1. The first-order valence-electron chi connectivity index (χ1n) is 7.85. The van der Waals surface area contributed by atoms with Gasteiger partial charge in [0.15, 0.2) is 0 Å². The number of nitrogens with one attached hydrogen (secondary N) is 1. The third kappa shape index (κ3) is 6.28. The van der Waals surface area contributed by atoms with E-state index in [0.29, 0.717) is 36.4 Å². The minimum atomic E-state index is -0.871. The summed E-state index contributed by atoms with van der Waals surface area (Å²) in [7, 11) is 3.30. The highest BCUT2D eigenvalue weighted by Crippen LogP contribution is 2.26. The number of amides is 2. The molecule has 0 aliphatic carbocycles. The van der Waals surface area contributed by atoms with Gasteiger partial charge in [-0.25, -0.2) is 0 Å². The molecular weight excluding hydrogens is 312 g/mol. The number of carboxylic acid groups (broad SMARTS) is 1. The van der Waals surface area contributed by atoms with E-state index in [1.54, 1.807) is 32.3 Å². The maximum Gasteiger partial charge on any atom is 0.303 e. The zero-order valence-electron chi connectivity index (χ0n) is 14.3. The number of carbonyl (C=O) groups excluding carboxylic acids is 2. The molecule has 0 radical (unpaired) electrons. The second-order valence-corrected chi connectivity index (χ2v) is 5.49. The van der Waals surface area contributed by atoms with Crippen molar-refractivity contribution in [3.8, 4) is 5.75 Å². The molecule has 1 aromatic rings. The molecule has 24 heavy (non-hydrogen) atoms. The van der Waals surface area contributed by atoms with Gasteiger partial charge in [-0.05, 0) is 38.0 Å². The molecule has 0 aliphatic rings. The van der Waals surface area contributed by atoms with Crippen LogP contribution in [-0.4, -0.2) is 48.5 Å². The summed E-state index contributed by atoms with van der Waals surface area (Å²) in [4.78, 5) is 36.0. The minimum Gasteiger partial charge on any atom is -0.492 e. The summed E-state index contributed by atoms with van der Waals surface area (Å²) in [5, 5.41) is 11.3. The van der Waals surface area contributed by atoms with Gasteiger partial charge in [-0.15, -0.1) is 0 Å². The van der Waals surface area contributed by atoms with Crippen molar-refractivity contribution >= 4 is 23.5 Å².